The van der Waals surface area contributed by atoms with Crippen molar-refractivity contribution < 1.29 is 22.3 Å². The molecule has 5 nitrogen and oxygen atoms in total. The van der Waals surface area contributed by atoms with Crippen LogP contribution >= 0.6 is 27.3 Å². The standard InChI is InChI=1S/C17H17BrFNO4S2/c18-14-4-3-13(15(19)10-14)11-24-17(21)12-5-7-20(8-6-12)26(22,23)16-2-1-9-25-16/h1-4,9-10,12H,5-8,11H2. The predicted octanol–water partition coefficient (Wildman–Crippen LogP) is 3.79. The summed E-state index contributed by atoms with van der Waals surface area (Å²) in [6.07, 6.45) is 0.790. The van der Waals surface area contributed by atoms with Crippen LogP contribution < -0.4 is 0 Å². The summed E-state index contributed by atoms with van der Waals surface area (Å²) in [6.45, 7) is 0.408. The number of esters is 1. The maximum absolute atomic E-state index is 13.8. The fourth-order valence-electron chi connectivity index (χ4n) is 2.77. The van der Waals surface area contributed by atoms with Crippen LogP contribution in [0.4, 0.5) is 4.39 Å². The lowest BCUT2D eigenvalue weighted by molar-refractivity contribution is -0.151. The van der Waals surface area contributed by atoms with Crippen LogP contribution in [0.5, 0.6) is 0 Å². The lowest BCUT2D eigenvalue weighted by atomic mass is 9.98. The molecule has 0 unspecified atom stereocenters. The largest absolute Gasteiger partial charge is 0.460 e. The third-order valence-corrected chi connectivity index (χ3v) is 8.03. The van der Waals surface area contributed by atoms with E-state index in [9.17, 15) is 17.6 Å². The summed E-state index contributed by atoms with van der Waals surface area (Å²) in [5.41, 5.74) is 0.305. The second-order valence-electron chi connectivity index (χ2n) is 5.95. The molecule has 26 heavy (non-hydrogen) atoms. The number of rotatable bonds is 5. The molecule has 0 saturated carbocycles. The minimum absolute atomic E-state index is 0.133. The van der Waals surface area contributed by atoms with Gasteiger partial charge in [0.05, 0.1) is 5.92 Å². The molecule has 3 rings (SSSR count). The molecule has 140 valence electrons. The van der Waals surface area contributed by atoms with Crippen molar-refractivity contribution in [2.24, 2.45) is 5.92 Å². The summed E-state index contributed by atoms with van der Waals surface area (Å²) < 4.78 is 46.3. The van der Waals surface area contributed by atoms with E-state index in [1.807, 2.05) is 0 Å². The minimum Gasteiger partial charge on any atom is -0.460 e. The number of halogens is 2. The average Bonchev–Trinajstić information content (AvgIpc) is 3.16. The molecule has 1 saturated heterocycles. The van der Waals surface area contributed by atoms with Crippen LogP contribution in [0.3, 0.4) is 0 Å². The molecule has 0 atom stereocenters. The number of sulfonamides is 1. The monoisotopic (exact) mass is 461 g/mol. The molecule has 1 aromatic heterocycles. The zero-order chi connectivity index (χ0) is 18.7. The maximum Gasteiger partial charge on any atom is 0.309 e. The van der Waals surface area contributed by atoms with E-state index < -0.39 is 21.8 Å². The number of hydrogen-bond acceptors (Lipinski definition) is 5. The van der Waals surface area contributed by atoms with Gasteiger partial charge in [0, 0.05) is 23.1 Å². The second kappa shape index (κ2) is 8.16. The van der Waals surface area contributed by atoms with E-state index in [1.54, 1.807) is 29.6 Å². The predicted molar refractivity (Wildman–Crippen MR) is 99.7 cm³/mol. The number of piperidine rings is 1. The Hall–Kier alpha value is -1.29. The molecule has 2 aromatic rings. The first-order valence-electron chi connectivity index (χ1n) is 8.02. The van der Waals surface area contributed by atoms with Gasteiger partial charge in [0.25, 0.3) is 10.0 Å². The summed E-state index contributed by atoms with van der Waals surface area (Å²) in [5, 5.41) is 1.72. The maximum atomic E-state index is 13.8. The first-order chi connectivity index (χ1) is 12.4. The molecule has 0 radical (unpaired) electrons. The summed E-state index contributed by atoms with van der Waals surface area (Å²) in [5.74, 6) is -1.23. The Morgan fingerprint density at radius 3 is 2.65 bits per heavy atom. The summed E-state index contributed by atoms with van der Waals surface area (Å²) in [7, 11) is -3.49. The van der Waals surface area contributed by atoms with Crippen molar-refractivity contribution in [2.45, 2.75) is 23.7 Å². The summed E-state index contributed by atoms with van der Waals surface area (Å²) in [4.78, 5) is 12.2. The average molecular weight is 462 g/mol. The number of nitrogens with zero attached hydrogens (tertiary/aromatic N) is 1. The van der Waals surface area contributed by atoms with Crippen LogP contribution in [-0.4, -0.2) is 31.8 Å². The van der Waals surface area contributed by atoms with Crippen molar-refractivity contribution in [3.63, 3.8) is 0 Å². The van der Waals surface area contributed by atoms with Gasteiger partial charge in [0.1, 0.15) is 16.6 Å². The van der Waals surface area contributed by atoms with Crippen LogP contribution in [0.25, 0.3) is 0 Å². The third-order valence-electron chi connectivity index (χ3n) is 4.26. The molecular weight excluding hydrogens is 445 g/mol. The first-order valence-corrected chi connectivity index (χ1v) is 11.1. The Morgan fingerprint density at radius 2 is 2.04 bits per heavy atom. The summed E-state index contributed by atoms with van der Waals surface area (Å²) in [6, 6.07) is 7.83. The molecule has 1 fully saturated rings. The van der Waals surface area contributed by atoms with E-state index in [0.717, 1.165) is 0 Å². The quantitative estimate of drug-likeness (QED) is 0.635. The molecule has 1 aliphatic heterocycles. The van der Waals surface area contributed by atoms with Gasteiger partial charge in [0.2, 0.25) is 0 Å². The van der Waals surface area contributed by atoms with Crippen LogP contribution in [0.15, 0.2) is 44.4 Å². The normalized spacial score (nSPS) is 16.5. The van der Waals surface area contributed by atoms with Crippen LogP contribution in [0.2, 0.25) is 0 Å². The lowest BCUT2D eigenvalue weighted by Gasteiger charge is -2.29. The second-order valence-corrected chi connectivity index (χ2v) is 9.98. The topological polar surface area (TPSA) is 63.7 Å². The lowest BCUT2D eigenvalue weighted by Crippen LogP contribution is -2.40. The van der Waals surface area contributed by atoms with Crippen LogP contribution in [0.1, 0.15) is 18.4 Å². The van der Waals surface area contributed by atoms with Gasteiger partial charge in [-0.3, -0.25) is 4.79 Å². The van der Waals surface area contributed by atoms with Crippen LogP contribution in [0, 0.1) is 11.7 Å². The van der Waals surface area contributed by atoms with E-state index in [0.29, 0.717) is 27.1 Å². The minimum atomic E-state index is -3.49. The van der Waals surface area contributed by atoms with Crippen molar-refractivity contribution in [1.82, 2.24) is 4.31 Å². The van der Waals surface area contributed by atoms with Crippen LogP contribution in [-0.2, 0) is 26.2 Å². The van der Waals surface area contributed by atoms with Gasteiger partial charge >= 0.3 is 5.97 Å². The first kappa shape index (κ1) is 19.5. The van der Waals surface area contributed by atoms with Crippen molar-refractivity contribution in [1.29, 1.82) is 0 Å². The van der Waals surface area contributed by atoms with Gasteiger partial charge in [-0.25, -0.2) is 12.8 Å². The van der Waals surface area contributed by atoms with Crippen molar-refractivity contribution >= 4 is 43.3 Å². The molecule has 0 N–H and O–H groups in total. The van der Waals surface area contributed by atoms with Gasteiger partial charge in [-0.1, -0.05) is 28.1 Å². The highest BCUT2D eigenvalue weighted by Crippen LogP contribution is 2.27. The highest BCUT2D eigenvalue weighted by molar-refractivity contribution is 9.10. The molecule has 0 amide bonds. The van der Waals surface area contributed by atoms with E-state index in [2.05, 4.69) is 15.9 Å². The van der Waals surface area contributed by atoms with Crippen molar-refractivity contribution in [3.05, 3.63) is 51.6 Å². The number of hydrogen-bond donors (Lipinski definition) is 0. The molecule has 0 aliphatic carbocycles. The van der Waals surface area contributed by atoms with E-state index in [1.165, 1.54) is 21.7 Å². The smallest absolute Gasteiger partial charge is 0.309 e. The van der Waals surface area contributed by atoms with Gasteiger partial charge in [-0.2, -0.15) is 4.31 Å². The molecule has 0 bridgehead atoms. The van der Waals surface area contributed by atoms with Gasteiger partial charge in [-0.15, -0.1) is 11.3 Å². The molecule has 1 aliphatic rings. The van der Waals surface area contributed by atoms with Gasteiger partial charge < -0.3 is 4.74 Å². The Labute approximate surface area is 164 Å². The fraction of sp³-hybridized carbons (Fsp3) is 0.353. The summed E-state index contributed by atoms with van der Waals surface area (Å²) >= 11 is 4.35. The Bertz CT molecular complexity index is 878. The third kappa shape index (κ3) is 4.33. The van der Waals surface area contributed by atoms with E-state index in [-0.39, 0.29) is 25.6 Å². The highest BCUT2D eigenvalue weighted by Gasteiger charge is 2.33. The number of benzene rings is 1. The molecular formula is C17H17BrFNO4S2. The van der Waals surface area contributed by atoms with Gasteiger partial charge in [-0.05, 0) is 36.4 Å². The Balaban J connectivity index is 1.54. The van der Waals surface area contributed by atoms with E-state index >= 15 is 0 Å². The molecule has 9 heteroatoms. The Morgan fingerprint density at radius 1 is 1.31 bits per heavy atom. The molecule has 2 heterocycles. The van der Waals surface area contributed by atoms with E-state index in [4.69, 9.17) is 4.74 Å². The fourth-order valence-corrected chi connectivity index (χ4v) is 5.72. The zero-order valence-electron chi connectivity index (χ0n) is 13.7. The number of thiophene rings is 1. The number of ether oxygens (including phenoxy) is 1. The van der Waals surface area contributed by atoms with Crippen molar-refractivity contribution in [3.8, 4) is 0 Å². The zero-order valence-corrected chi connectivity index (χ0v) is 16.9. The van der Waals surface area contributed by atoms with Crippen molar-refractivity contribution in [2.75, 3.05) is 13.1 Å². The SMILES string of the molecule is O=C(OCc1ccc(Br)cc1F)C1CCN(S(=O)(=O)c2cccs2)CC1. The number of carbonyl (C=O) groups excluding carboxylic acids is 1. The highest BCUT2D eigenvalue weighted by atomic mass is 79.9. The molecule has 0 spiro atoms. The molecule has 1 aromatic carbocycles. The Kier molecular flexibility index (Phi) is 6.11. The van der Waals surface area contributed by atoms with Gasteiger partial charge in [0.15, 0.2) is 0 Å². The number of carbonyl (C=O) groups is 1.